The zero-order valence-electron chi connectivity index (χ0n) is 8.73. The van der Waals surface area contributed by atoms with Crippen molar-refractivity contribution >= 4 is 5.69 Å². The molecule has 1 atom stereocenters. The van der Waals surface area contributed by atoms with Crippen LogP contribution < -0.4 is 5.32 Å². The summed E-state index contributed by atoms with van der Waals surface area (Å²) in [6, 6.07) is 4.10. The van der Waals surface area contributed by atoms with E-state index in [1.807, 2.05) is 0 Å². The van der Waals surface area contributed by atoms with E-state index < -0.39 is 17.3 Å². The molecule has 0 spiro atoms. The topological polar surface area (TPSA) is 32.3 Å². The van der Waals surface area contributed by atoms with Crippen molar-refractivity contribution in [3.63, 3.8) is 0 Å². The van der Waals surface area contributed by atoms with Crippen LogP contribution in [0.2, 0.25) is 0 Å². The van der Waals surface area contributed by atoms with Gasteiger partial charge in [0.25, 0.3) is 0 Å². The van der Waals surface area contributed by atoms with Crippen molar-refractivity contribution < 1.29 is 18.3 Å². The Hall–Kier alpha value is -1.23. The maximum Gasteiger partial charge on any atom is 0.418 e. The zero-order chi connectivity index (χ0) is 12.0. The molecule has 0 saturated heterocycles. The minimum absolute atomic E-state index is 0.103. The Kier molecular flexibility index (Phi) is 2.38. The van der Waals surface area contributed by atoms with Gasteiger partial charge in [-0.1, -0.05) is 12.1 Å². The van der Waals surface area contributed by atoms with Crippen molar-refractivity contribution in [2.45, 2.75) is 25.1 Å². The number of fused-ring (bicyclic) bond motifs is 1. The van der Waals surface area contributed by atoms with E-state index in [1.54, 1.807) is 13.0 Å². The van der Waals surface area contributed by atoms with Crippen LogP contribution in [-0.2, 0) is 12.6 Å². The number of aliphatic hydroxyl groups is 1. The van der Waals surface area contributed by atoms with Crippen molar-refractivity contribution in [1.29, 1.82) is 0 Å². The van der Waals surface area contributed by atoms with Crippen molar-refractivity contribution in [3.05, 3.63) is 29.3 Å². The van der Waals surface area contributed by atoms with Gasteiger partial charge in [0.2, 0.25) is 0 Å². The Balaban J connectivity index is 2.47. The molecule has 0 aliphatic carbocycles. The van der Waals surface area contributed by atoms with Crippen LogP contribution in [0, 0.1) is 0 Å². The first-order valence-electron chi connectivity index (χ1n) is 4.94. The lowest BCUT2D eigenvalue weighted by atomic mass is 9.98. The zero-order valence-corrected chi connectivity index (χ0v) is 8.73. The van der Waals surface area contributed by atoms with Gasteiger partial charge in [0, 0.05) is 0 Å². The Morgan fingerprint density at radius 1 is 1.44 bits per heavy atom. The number of aliphatic hydroxyl groups excluding tert-OH is 1. The fourth-order valence-electron chi connectivity index (χ4n) is 1.99. The standard InChI is InChI=1S/C11H12F3NO/c1-10(6-16)5-7-3-2-4-8(9(7)15-10)11(12,13)14/h2-4,15-16H,5-6H2,1H3. The van der Waals surface area contributed by atoms with Crippen molar-refractivity contribution in [3.8, 4) is 0 Å². The molecule has 16 heavy (non-hydrogen) atoms. The SMILES string of the molecule is CC1(CO)Cc2cccc(C(F)(F)F)c2N1. The van der Waals surface area contributed by atoms with Crippen LogP contribution in [-0.4, -0.2) is 17.3 Å². The number of rotatable bonds is 1. The molecule has 0 aromatic heterocycles. The number of anilines is 1. The number of benzene rings is 1. The van der Waals surface area contributed by atoms with Crippen LogP contribution >= 0.6 is 0 Å². The third kappa shape index (κ3) is 1.75. The van der Waals surface area contributed by atoms with Gasteiger partial charge in [-0.15, -0.1) is 0 Å². The van der Waals surface area contributed by atoms with E-state index >= 15 is 0 Å². The lowest BCUT2D eigenvalue weighted by molar-refractivity contribution is -0.137. The summed E-state index contributed by atoms with van der Waals surface area (Å²) in [7, 11) is 0. The third-order valence-corrected chi connectivity index (χ3v) is 2.81. The Bertz CT molecular complexity index is 416. The van der Waals surface area contributed by atoms with E-state index in [0.29, 0.717) is 12.0 Å². The largest absolute Gasteiger partial charge is 0.418 e. The Morgan fingerprint density at radius 2 is 2.12 bits per heavy atom. The number of halogens is 3. The van der Waals surface area contributed by atoms with Gasteiger partial charge in [0.1, 0.15) is 0 Å². The normalized spacial score (nSPS) is 24.1. The number of alkyl halides is 3. The average molecular weight is 231 g/mol. The molecule has 5 heteroatoms. The molecular weight excluding hydrogens is 219 g/mol. The van der Waals surface area contributed by atoms with Gasteiger partial charge in [-0.05, 0) is 25.0 Å². The van der Waals surface area contributed by atoms with Crippen LogP contribution in [0.3, 0.4) is 0 Å². The summed E-state index contributed by atoms with van der Waals surface area (Å²) < 4.78 is 38.1. The summed E-state index contributed by atoms with van der Waals surface area (Å²) in [4.78, 5) is 0. The molecule has 0 fully saturated rings. The van der Waals surface area contributed by atoms with Gasteiger partial charge in [0.05, 0.1) is 23.4 Å². The van der Waals surface area contributed by atoms with Crippen LogP contribution in [0.4, 0.5) is 18.9 Å². The van der Waals surface area contributed by atoms with Gasteiger partial charge < -0.3 is 10.4 Å². The molecule has 2 nitrogen and oxygen atoms in total. The molecule has 0 radical (unpaired) electrons. The van der Waals surface area contributed by atoms with E-state index in [4.69, 9.17) is 5.11 Å². The highest BCUT2D eigenvalue weighted by atomic mass is 19.4. The molecule has 0 bridgehead atoms. The van der Waals surface area contributed by atoms with E-state index in [0.717, 1.165) is 6.07 Å². The lowest BCUT2D eigenvalue weighted by Gasteiger charge is -2.22. The first kappa shape index (κ1) is 11.3. The summed E-state index contributed by atoms with van der Waals surface area (Å²) >= 11 is 0. The third-order valence-electron chi connectivity index (χ3n) is 2.81. The molecule has 0 saturated carbocycles. The highest BCUT2D eigenvalue weighted by Crippen LogP contribution is 2.42. The minimum atomic E-state index is -4.36. The molecule has 1 heterocycles. The number of hydrogen-bond donors (Lipinski definition) is 2. The van der Waals surface area contributed by atoms with E-state index in [2.05, 4.69) is 5.32 Å². The summed E-state index contributed by atoms with van der Waals surface area (Å²) in [6.07, 6.45) is -3.96. The second-order valence-corrected chi connectivity index (χ2v) is 4.36. The molecule has 1 aliphatic heterocycles. The average Bonchev–Trinajstić information content (AvgIpc) is 2.53. The van der Waals surface area contributed by atoms with Gasteiger partial charge in [-0.2, -0.15) is 13.2 Å². The summed E-state index contributed by atoms with van der Waals surface area (Å²) in [6.45, 7) is 1.51. The highest BCUT2D eigenvalue weighted by Gasteiger charge is 2.40. The fourth-order valence-corrected chi connectivity index (χ4v) is 1.99. The maximum absolute atomic E-state index is 12.7. The molecule has 2 N–H and O–H groups in total. The molecule has 1 aliphatic rings. The molecule has 0 amide bonds. The van der Waals surface area contributed by atoms with Gasteiger partial charge in [0.15, 0.2) is 0 Å². The fraction of sp³-hybridized carbons (Fsp3) is 0.455. The number of hydrogen-bond acceptors (Lipinski definition) is 2. The first-order valence-corrected chi connectivity index (χ1v) is 4.94. The van der Waals surface area contributed by atoms with Crippen molar-refractivity contribution in [2.24, 2.45) is 0 Å². The Labute approximate surface area is 91.1 Å². The lowest BCUT2D eigenvalue weighted by Crippen LogP contribution is -2.36. The second kappa shape index (κ2) is 3.38. The van der Waals surface area contributed by atoms with E-state index in [9.17, 15) is 13.2 Å². The van der Waals surface area contributed by atoms with E-state index in [-0.39, 0.29) is 12.3 Å². The summed E-state index contributed by atoms with van der Waals surface area (Å²) in [5.41, 5.74) is -0.649. The van der Waals surface area contributed by atoms with Crippen molar-refractivity contribution in [1.82, 2.24) is 0 Å². The molecular formula is C11H12F3NO. The van der Waals surface area contributed by atoms with Gasteiger partial charge >= 0.3 is 6.18 Å². The van der Waals surface area contributed by atoms with Crippen molar-refractivity contribution in [2.75, 3.05) is 11.9 Å². The quantitative estimate of drug-likeness (QED) is 0.778. The van der Waals surface area contributed by atoms with Crippen LogP contribution in [0.5, 0.6) is 0 Å². The predicted octanol–water partition coefficient (Wildman–Crippen LogP) is 2.42. The number of para-hydroxylation sites is 1. The first-order chi connectivity index (χ1) is 7.36. The molecule has 88 valence electrons. The predicted molar refractivity (Wildman–Crippen MR) is 54.3 cm³/mol. The molecule has 1 unspecified atom stereocenters. The minimum Gasteiger partial charge on any atom is -0.394 e. The Morgan fingerprint density at radius 3 is 2.69 bits per heavy atom. The second-order valence-electron chi connectivity index (χ2n) is 4.36. The maximum atomic E-state index is 12.7. The monoisotopic (exact) mass is 231 g/mol. The van der Waals surface area contributed by atoms with Gasteiger partial charge in [-0.3, -0.25) is 0 Å². The molecule has 2 rings (SSSR count). The van der Waals surface area contributed by atoms with Crippen LogP contribution in [0.15, 0.2) is 18.2 Å². The molecule has 1 aromatic carbocycles. The summed E-state index contributed by atoms with van der Waals surface area (Å²) in [5, 5.41) is 11.9. The number of nitrogens with one attached hydrogen (secondary N) is 1. The highest BCUT2D eigenvalue weighted by molar-refractivity contribution is 5.64. The molecule has 1 aromatic rings. The smallest absolute Gasteiger partial charge is 0.394 e. The van der Waals surface area contributed by atoms with Gasteiger partial charge in [-0.25, -0.2) is 0 Å². The summed E-state index contributed by atoms with van der Waals surface area (Å²) in [5.74, 6) is 0. The van der Waals surface area contributed by atoms with Crippen LogP contribution in [0.25, 0.3) is 0 Å². The van der Waals surface area contributed by atoms with Crippen LogP contribution in [0.1, 0.15) is 18.1 Å². The van der Waals surface area contributed by atoms with E-state index in [1.165, 1.54) is 6.07 Å².